The third kappa shape index (κ3) is 18.8. The number of rotatable bonds is 25. The fraction of sp³-hybridized carbons (Fsp3) is 0.743. The molecule has 20 nitrogen and oxygen atoms in total. The highest BCUT2D eigenvalue weighted by Crippen LogP contribution is 2.12. The van der Waals surface area contributed by atoms with Crippen LogP contribution >= 0.6 is 0 Å². The molecule has 8 atom stereocenters. The molecule has 0 saturated carbocycles. The summed E-state index contributed by atoms with van der Waals surface area (Å²) < 4.78 is 0. The Morgan fingerprint density at radius 3 is 1.38 bits per heavy atom. The van der Waals surface area contributed by atoms with Crippen molar-refractivity contribution in [1.29, 1.82) is 0 Å². The number of nitrogens with two attached hydrogens (primary N) is 2. The zero-order valence-corrected chi connectivity index (χ0v) is 33.1. The van der Waals surface area contributed by atoms with Gasteiger partial charge >= 0.3 is 11.9 Å². The molecule has 0 aliphatic rings. The molecule has 0 spiro atoms. The Kier molecular flexibility index (Phi) is 21.7. The van der Waals surface area contributed by atoms with E-state index in [1.165, 1.54) is 0 Å². The third-order valence-electron chi connectivity index (χ3n) is 8.32. The van der Waals surface area contributed by atoms with Crippen LogP contribution in [0.5, 0.6) is 0 Å². The highest BCUT2D eigenvalue weighted by atomic mass is 16.4. The second-order valence-electron chi connectivity index (χ2n) is 15.2. The molecule has 0 rings (SSSR count). The number of primary amides is 1. The van der Waals surface area contributed by atoms with E-state index in [0.717, 1.165) is 6.92 Å². The number of nitrogens with one attached hydrogen (secondary N) is 6. The summed E-state index contributed by atoms with van der Waals surface area (Å²) in [5, 5.41) is 43.6. The third-order valence-corrected chi connectivity index (χ3v) is 8.32. The lowest BCUT2D eigenvalue weighted by atomic mass is 9.98. The van der Waals surface area contributed by atoms with Gasteiger partial charge in [-0.1, -0.05) is 55.4 Å². The van der Waals surface area contributed by atoms with Gasteiger partial charge in [-0.3, -0.25) is 38.4 Å². The maximum absolute atomic E-state index is 13.6. The van der Waals surface area contributed by atoms with Crippen molar-refractivity contribution in [1.82, 2.24) is 31.9 Å². The minimum absolute atomic E-state index is 0.0641. The molecule has 0 aliphatic heterocycles. The minimum atomic E-state index is -1.81. The Hall–Kier alpha value is -4.85. The summed E-state index contributed by atoms with van der Waals surface area (Å²) in [6.45, 7) is 14.7. The Morgan fingerprint density at radius 1 is 0.527 bits per heavy atom. The van der Waals surface area contributed by atoms with E-state index in [2.05, 4.69) is 31.9 Å². The van der Waals surface area contributed by atoms with Crippen LogP contribution in [0.3, 0.4) is 0 Å². The van der Waals surface area contributed by atoms with Crippen LogP contribution in [0.2, 0.25) is 0 Å². The van der Waals surface area contributed by atoms with Crippen LogP contribution in [0.15, 0.2) is 0 Å². The molecule has 7 amide bonds. The van der Waals surface area contributed by atoms with Crippen LogP contribution < -0.4 is 43.4 Å². The summed E-state index contributed by atoms with van der Waals surface area (Å²) in [5.41, 5.74) is 11.1. The van der Waals surface area contributed by atoms with Gasteiger partial charge in [0.15, 0.2) is 0 Å². The minimum Gasteiger partial charge on any atom is -0.481 e. The zero-order chi connectivity index (χ0) is 42.9. The lowest BCUT2D eigenvalue weighted by Crippen LogP contribution is -2.62. The van der Waals surface area contributed by atoms with Crippen molar-refractivity contribution in [2.24, 2.45) is 35.1 Å². The predicted molar refractivity (Wildman–Crippen MR) is 198 cm³/mol. The molecule has 0 aliphatic carbocycles. The Balaban J connectivity index is 6.29. The number of carboxylic acids is 2. The number of hydrogen-bond donors (Lipinski definition) is 11. The maximum Gasteiger partial charge on any atom is 0.326 e. The van der Waals surface area contributed by atoms with Crippen molar-refractivity contribution < 1.29 is 58.5 Å². The summed E-state index contributed by atoms with van der Waals surface area (Å²) in [6.07, 6.45) is -3.11. The van der Waals surface area contributed by atoms with Crippen molar-refractivity contribution in [2.45, 2.75) is 143 Å². The molecule has 0 aromatic carbocycles. The molecule has 0 unspecified atom stereocenters. The molecule has 13 N–H and O–H groups in total. The van der Waals surface area contributed by atoms with Crippen LogP contribution in [-0.2, 0) is 43.2 Å². The average Bonchev–Trinajstić information content (AvgIpc) is 3.04. The average molecular weight is 787 g/mol. The summed E-state index contributed by atoms with van der Waals surface area (Å²) in [6, 6.07) is -9.92. The Bertz CT molecular complexity index is 1370. The van der Waals surface area contributed by atoms with Gasteiger partial charge in [-0.2, -0.15) is 0 Å². The van der Waals surface area contributed by atoms with Gasteiger partial charge in [0.25, 0.3) is 0 Å². The smallest absolute Gasteiger partial charge is 0.326 e. The second-order valence-corrected chi connectivity index (χ2v) is 15.2. The number of carbonyl (C=O) groups excluding carboxylic acids is 7. The van der Waals surface area contributed by atoms with Gasteiger partial charge in [0.2, 0.25) is 41.4 Å². The first kappa shape index (κ1) is 50.1. The number of aliphatic hydroxyl groups excluding tert-OH is 1. The molecule has 0 fully saturated rings. The molecule has 0 radical (unpaired) electrons. The fourth-order valence-corrected chi connectivity index (χ4v) is 5.15. The first-order valence-corrected chi connectivity index (χ1v) is 18.3. The summed E-state index contributed by atoms with van der Waals surface area (Å²) >= 11 is 0. The molecule has 0 aromatic heterocycles. The van der Waals surface area contributed by atoms with Crippen molar-refractivity contribution >= 4 is 53.3 Å². The molecule has 0 heterocycles. The maximum atomic E-state index is 13.6. The number of carboxylic acid groups (broad SMARTS) is 2. The molecular weight excluding hydrogens is 724 g/mol. The lowest BCUT2D eigenvalue weighted by molar-refractivity contribution is -0.143. The van der Waals surface area contributed by atoms with Gasteiger partial charge in [-0.25, -0.2) is 4.79 Å². The van der Waals surface area contributed by atoms with Crippen LogP contribution in [0.25, 0.3) is 0 Å². The first-order chi connectivity index (χ1) is 25.3. The van der Waals surface area contributed by atoms with Gasteiger partial charge < -0.3 is 58.7 Å². The number of aliphatic carboxylic acids is 2. The summed E-state index contributed by atoms with van der Waals surface area (Å²) in [4.78, 5) is 115. The van der Waals surface area contributed by atoms with Crippen LogP contribution in [0.1, 0.15) is 94.4 Å². The zero-order valence-electron chi connectivity index (χ0n) is 33.1. The molecular formula is C35H62N8O12. The molecule has 0 saturated heterocycles. The van der Waals surface area contributed by atoms with Crippen molar-refractivity contribution in [3.63, 3.8) is 0 Å². The van der Waals surface area contributed by atoms with Crippen molar-refractivity contribution in [3.05, 3.63) is 0 Å². The SMILES string of the molecule is CC(C)C[C@H](NC(=O)[C@H](CC(C)C)NC(=O)[C@@H](NC(=O)[C@H](CCC(N)=O)NC(=O)[C@@H](NC(=O)[C@H](CC(=O)O)NC(=O)[C@@H](N)C(C)C)[C@@H](C)O)C(C)C)C(=O)O. The largest absolute Gasteiger partial charge is 0.481 e. The van der Waals surface area contributed by atoms with E-state index in [1.807, 2.05) is 0 Å². The van der Waals surface area contributed by atoms with E-state index in [0.29, 0.717) is 0 Å². The molecule has 20 heteroatoms. The van der Waals surface area contributed by atoms with Gasteiger partial charge in [0, 0.05) is 6.42 Å². The lowest BCUT2D eigenvalue weighted by Gasteiger charge is -2.29. The number of hydrogen-bond acceptors (Lipinski definition) is 11. The summed E-state index contributed by atoms with van der Waals surface area (Å²) in [5.74, 6) is -10.4. The van der Waals surface area contributed by atoms with Crippen LogP contribution in [-0.4, -0.2) is 117 Å². The monoisotopic (exact) mass is 786 g/mol. The van der Waals surface area contributed by atoms with Gasteiger partial charge in [-0.15, -0.1) is 0 Å². The Morgan fingerprint density at radius 2 is 0.945 bits per heavy atom. The highest BCUT2D eigenvalue weighted by molar-refractivity contribution is 5.98. The highest BCUT2D eigenvalue weighted by Gasteiger charge is 2.36. The molecule has 314 valence electrons. The molecule has 55 heavy (non-hydrogen) atoms. The van der Waals surface area contributed by atoms with E-state index in [4.69, 9.17) is 11.5 Å². The van der Waals surface area contributed by atoms with E-state index >= 15 is 0 Å². The van der Waals surface area contributed by atoms with Crippen LogP contribution in [0.4, 0.5) is 0 Å². The topological polar surface area (TPSA) is 339 Å². The quantitative estimate of drug-likeness (QED) is 0.0470. The van der Waals surface area contributed by atoms with E-state index < -0.39 is 127 Å². The van der Waals surface area contributed by atoms with Crippen molar-refractivity contribution in [3.8, 4) is 0 Å². The van der Waals surface area contributed by atoms with E-state index in [9.17, 15) is 58.5 Å². The number of amides is 7. The molecule has 0 aromatic rings. The van der Waals surface area contributed by atoms with E-state index in [1.54, 1.807) is 55.4 Å². The number of aliphatic hydroxyl groups is 1. The Labute approximate surface area is 321 Å². The van der Waals surface area contributed by atoms with E-state index in [-0.39, 0.29) is 30.6 Å². The van der Waals surface area contributed by atoms with Crippen LogP contribution in [0, 0.1) is 23.7 Å². The van der Waals surface area contributed by atoms with Gasteiger partial charge in [0.05, 0.1) is 18.6 Å². The van der Waals surface area contributed by atoms with Crippen molar-refractivity contribution in [2.75, 3.05) is 0 Å². The normalized spacial score (nSPS) is 15.8. The second kappa shape index (κ2) is 23.8. The predicted octanol–water partition coefficient (Wildman–Crippen LogP) is -2.17. The standard InChI is InChI=1S/C35H62N8O12/c1-15(2)12-21(30(49)41-23(35(54)55)13-16(3)4)40-33(52)27(18(7)8)42-29(48)20(10-11-24(36)45)38-34(53)28(19(9)44)43-31(50)22(14-25(46)47)39-32(51)26(37)17(5)6/h15-23,26-28,44H,10-14,37H2,1-9H3,(H2,36,45)(H,38,53)(H,39,51)(H,40,52)(H,41,49)(H,42,48)(H,43,50)(H,46,47)(H,54,55)/t19-,20+,21+,22+,23+,26+,27+,28+/m1/s1. The number of carbonyl (C=O) groups is 9. The van der Waals surface area contributed by atoms with Gasteiger partial charge in [-0.05, 0) is 49.9 Å². The fourth-order valence-electron chi connectivity index (χ4n) is 5.15. The van der Waals surface area contributed by atoms with Gasteiger partial charge in [0.1, 0.15) is 36.3 Å². The summed E-state index contributed by atoms with van der Waals surface area (Å²) in [7, 11) is 0. The first-order valence-electron chi connectivity index (χ1n) is 18.3. The molecule has 0 bridgehead atoms.